The molecule has 0 aliphatic heterocycles. The van der Waals surface area contributed by atoms with Crippen LogP contribution >= 0.6 is 0 Å². The molecule has 0 aliphatic carbocycles. The molecule has 0 saturated heterocycles. The number of nitrogens with one attached hydrogen (secondary N) is 1. The molecule has 172 valence electrons. The third-order valence-electron chi connectivity index (χ3n) is 5.18. The number of fused-ring (bicyclic) bond motifs is 1. The maximum Gasteiger partial charge on any atom is 0.344 e. The summed E-state index contributed by atoms with van der Waals surface area (Å²) in [5.74, 6) is -1.61. The number of aryl methyl sites for hydroxylation is 1. The second-order valence-corrected chi connectivity index (χ2v) is 7.27. The van der Waals surface area contributed by atoms with E-state index in [0.29, 0.717) is 11.3 Å². The molecule has 34 heavy (non-hydrogen) atoms. The van der Waals surface area contributed by atoms with Gasteiger partial charge in [0.2, 0.25) is 0 Å². The highest BCUT2D eigenvalue weighted by molar-refractivity contribution is 6.04. The quantitative estimate of drug-likeness (QED) is 0.419. The van der Waals surface area contributed by atoms with E-state index in [4.69, 9.17) is 4.74 Å². The van der Waals surface area contributed by atoms with Crippen LogP contribution in [0.5, 0.6) is 0 Å². The summed E-state index contributed by atoms with van der Waals surface area (Å²) in [5, 5.41) is 9.19. The van der Waals surface area contributed by atoms with Crippen LogP contribution in [-0.2, 0) is 20.8 Å². The van der Waals surface area contributed by atoms with Gasteiger partial charge in [-0.2, -0.15) is 5.10 Å². The standard InChI is InChI=1S/C25H22N4O5/c1-3-29-24(31)23(27-19-14-26-13-17-11-7-8-12-18(17)19)21(25(32)34-15-20(30)33-2)22(28-29)16-9-5-4-6-10-16/h4-14,27H,3,15H2,1-2H3. The molecule has 4 rings (SSSR count). The molecule has 0 saturated carbocycles. The van der Waals surface area contributed by atoms with Crippen molar-refractivity contribution in [3.05, 3.63) is 82.9 Å². The van der Waals surface area contributed by atoms with Gasteiger partial charge in [-0.15, -0.1) is 0 Å². The number of hydrogen-bond acceptors (Lipinski definition) is 8. The second-order valence-electron chi connectivity index (χ2n) is 7.27. The fourth-order valence-electron chi connectivity index (χ4n) is 3.50. The molecule has 4 aromatic rings. The number of rotatable bonds is 7. The first-order chi connectivity index (χ1) is 16.5. The Kier molecular flexibility index (Phi) is 6.63. The zero-order valence-corrected chi connectivity index (χ0v) is 18.6. The zero-order chi connectivity index (χ0) is 24.1. The second kappa shape index (κ2) is 9.95. The molecule has 0 bridgehead atoms. The van der Waals surface area contributed by atoms with Crippen LogP contribution < -0.4 is 10.9 Å². The van der Waals surface area contributed by atoms with Crippen molar-refractivity contribution in [1.29, 1.82) is 0 Å². The summed E-state index contributed by atoms with van der Waals surface area (Å²) in [6, 6.07) is 16.5. The molecule has 2 aromatic heterocycles. The summed E-state index contributed by atoms with van der Waals surface area (Å²) in [5.41, 5.74) is 0.757. The van der Waals surface area contributed by atoms with E-state index in [1.54, 1.807) is 43.6 Å². The molecule has 2 aromatic carbocycles. The normalized spacial score (nSPS) is 10.6. The van der Waals surface area contributed by atoms with E-state index in [2.05, 4.69) is 20.1 Å². The Hall–Kier alpha value is -4.53. The van der Waals surface area contributed by atoms with Gasteiger partial charge < -0.3 is 14.8 Å². The van der Waals surface area contributed by atoms with E-state index in [-0.39, 0.29) is 23.5 Å². The lowest BCUT2D eigenvalue weighted by Crippen LogP contribution is -2.29. The van der Waals surface area contributed by atoms with E-state index >= 15 is 0 Å². The van der Waals surface area contributed by atoms with Gasteiger partial charge >= 0.3 is 11.9 Å². The molecule has 1 N–H and O–H groups in total. The van der Waals surface area contributed by atoms with E-state index in [1.807, 2.05) is 30.3 Å². The number of nitrogens with zero attached hydrogens (tertiary/aromatic N) is 3. The number of anilines is 2. The lowest BCUT2D eigenvalue weighted by molar-refractivity contribution is -0.144. The summed E-state index contributed by atoms with van der Waals surface area (Å²) in [6.07, 6.45) is 3.28. The largest absolute Gasteiger partial charge is 0.466 e. The lowest BCUT2D eigenvalue weighted by atomic mass is 10.0. The Labute approximate surface area is 195 Å². The molecule has 0 unspecified atom stereocenters. The molecule has 0 atom stereocenters. The average Bonchev–Trinajstić information content (AvgIpc) is 2.88. The van der Waals surface area contributed by atoms with Crippen molar-refractivity contribution in [2.75, 3.05) is 19.0 Å². The number of hydrogen-bond donors (Lipinski definition) is 1. The van der Waals surface area contributed by atoms with Gasteiger partial charge in [0.25, 0.3) is 5.56 Å². The zero-order valence-electron chi connectivity index (χ0n) is 18.6. The van der Waals surface area contributed by atoms with Gasteiger partial charge in [0.05, 0.1) is 19.0 Å². The Morgan fingerprint density at radius 3 is 2.50 bits per heavy atom. The monoisotopic (exact) mass is 458 g/mol. The van der Waals surface area contributed by atoms with Gasteiger partial charge in [-0.1, -0.05) is 54.6 Å². The molecule has 0 amide bonds. The van der Waals surface area contributed by atoms with Crippen LogP contribution in [0.3, 0.4) is 0 Å². The van der Waals surface area contributed by atoms with Gasteiger partial charge in [0.15, 0.2) is 6.61 Å². The van der Waals surface area contributed by atoms with Crippen LogP contribution in [0.4, 0.5) is 11.4 Å². The smallest absolute Gasteiger partial charge is 0.344 e. The van der Waals surface area contributed by atoms with Crippen molar-refractivity contribution in [3.63, 3.8) is 0 Å². The Balaban J connectivity index is 1.94. The maximum atomic E-state index is 13.4. The first-order valence-corrected chi connectivity index (χ1v) is 10.6. The van der Waals surface area contributed by atoms with Crippen LogP contribution in [0.25, 0.3) is 22.0 Å². The van der Waals surface area contributed by atoms with Crippen molar-refractivity contribution in [2.24, 2.45) is 0 Å². The molecular formula is C25H22N4O5. The molecule has 0 fully saturated rings. The molecule has 0 spiro atoms. The number of carbonyl (C=O) groups is 2. The van der Waals surface area contributed by atoms with Gasteiger partial charge in [-0.05, 0) is 6.92 Å². The molecule has 0 radical (unpaired) electrons. The van der Waals surface area contributed by atoms with Crippen molar-refractivity contribution in [1.82, 2.24) is 14.8 Å². The van der Waals surface area contributed by atoms with E-state index in [1.165, 1.54) is 11.8 Å². The number of benzene rings is 2. The minimum absolute atomic E-state index is 0.0243. The maximum absolute atomic E-state index is 13.4. The van der Waals surface area contributed by atoms with Crippen LogP contribution in [-0.4, -0.2) is 40.4 Å². The van der Waals surface area contributed by atoms with Crippen LogP contribution in [0, 0.1) is 0 Å². The first kappa shape index (κ1) is 22.7. The molecule has 2 heterocycles. The topological polar surface area (TPSA) is 112 Å². The van der Waals surface area contributed by atoms with E-state index in [0.717, 1.165) is 10.8 Å². The average molecular weight is 458 g/mol. The van der Waals surface area contributed by atoms with E-state index in [9.17, 15) is 14.4 Å². The number of pyridine rings is 1. The van der Waals surface area contributed by atoms with Crippen molar-refractivity contribution < 1.29 is 19.1 Å². The highest BCUT2D eigenvalue weighted by Crippen LogP contribution is 2.30. The highest BCUT2D eigenvalue weighted by Gasteiger charge is 2.26. The SMILES string of the molecule is CCn1nc(-c2ccccc2)c(C(=O)OCC(=O)OC)c(Nc2cncc3ccccc23)c1=O. The number of methoxy groups -OCH3 is 1. The number of carbonyl (C=O) groups excluding carboxylic acids is 2. The third kappa shape index (κ3) is 4.49. The Morgan fingerprint density at radius 1 is 1.03 bits per heavy atom. The minimum Gasteiger partial charge on any atom is -0.466 e. The number of aromatic nitrogens is 3. The molecule has 0 aliphatic rings. The number of ether oxygens (including phenoxy) is 2. The first-order valence-electron chi connectivity index (χ1n) is 10.6. The predicted octanol–water partition coefficient (Wildman–Crippen LogP) is 3.55. The fraction of sp³-hybridized carbons (Fsp3) is 0.160. The summed E-state index contributed by atoms with van der Waals surface area (Å²) in [7, 11) is 1.19. The van der Waals surface area contributed by atoms with Gasteiger partial charge in [-0.3, -0.25) is 9.78 Å². The van der Waals surface area contributed by atoms with E-state index < -0.39 is 24.1 Å². The van der Waals surface area contributed by atoms with Crippen LogP contribution in [0.1, 0.15) is 17.3 Å². The molecule has 9 nitrogen and oxygen atoms in total. The third-order valence-corrected chi connectivity index (χ3v) is 5.18. The van der Waals surface area contributed by atoms with Crippen molar-refractivity contribution in [3.8, 4) is 11.3 Å². The summed E-state index contributed by atoms with van der Waals surface area (Å²) < 4.78 is 11.0. The van der Waals surface area contributed by atoms with Gasteiger partial charge in [0.1, 0.15) is 16.9 Å². The molecular weight excluding hydrogens is 436 g/mol. The van der Waals surface area contributed by atoms with Crippen LogP contribution in [0.15, 0.2) is 71.8 Å². The van der Waals surface area contributed by atoms with Crippen LogP contribution in [0.2, 0.25) is 0 Å². The van der Waals surface area contributed by atoms with Crippen molar-refractivity contribution >= 4 is 34.1 Å². The number of esters is 2. The van der Waals surface area contributed by atoms with Gasteiger partial charge in [-0.25, -0.2) is 14.3 Å². The molecule has 9 heteroatoms. The van der Waals surface area contributed by atoms with Gasteiger partial charge in [0, 0.05) is 29.1 Å². The minimum atomic E-state index is -0.882. The summed E-state index contributed by atoms with van der Waals surface area (Å²) >= 11 is 0. The predicted molar refractivity (Wildman–Crippen MR) is 127 cm³/mol. The highest BCUT2D eigenvalue weighted by atomic mass is 16.6. The summed E-state index contributed by atoms with van der Waals surface area (Å²) in [6.45, 7) is 1.45. The lowest BCUT2D eigenvalue weighted by Gasteiger charge is -2.17. The Bertz CT molecular complexity index is 1410. The fourth-order valence-corrected chi connectivity index (χ4v) is 3.50. The van der Waals surface area contributed by atoms with Crippen molar-refractivity contribution in [2.45, 2.75) is 13.5 Å². The Morgan fingerprint density at radius 2 is 1.76 bits per heavy atom. The summed E-state index contributed by atoms with van der Waals surface area (Å²) in [4.78, 5) is 42.4.